The smallest absolute Gasteiger partial charge is 0.262 e. The highest BCUT2D eigenvalue weighted by Crippen LogP contribution is 2.61. The number of amides is 2. The fourth-order valence-electron chi connectivity index (χ4n) is 7.76. The van der Waals surface area contributed by atoms with Crippen molar-refractivity contribution in [2.45, 2.75) is 64.8 Å². The second-order valence-corrected chi connectivity index (χ2v) is 13.3. The van der Waals surface area contributed by atoms with Gasteiger partial charge in [0, 0.05) is 31.7 Å². The first kappa shape index (κ1) is 28.8. The molecule has 4 fully saturated rings. The molecule has 2 aromatic carbocycles. The molecule has 7 rings (SSSR count). The van der Waals surface area contributed by atoms with Crippen molar-refractivity contribution < 1.29 is 19.8 Å². The first-order chi connectivity index (χ1) is 20.1. The lowest BCUT2D eigenvalue weighted by Gasteiger charge is -2.62. The van der Waals surface area contributed by atoms with Crippen LogP contribution in [0.5, 0.6) is 0 Å². The van der Waals surface area contributed by atoms with E-state index in [1.54, 1.807) is 42.5 Å². The maximum atomic E-state index is 13.6. The molecule has 3 aliphatic carbocycles. The predicted octanol–water partition coefficient (Wildman–Crippen LogP) is 3.32. The highest BCUT2D eigenvalue weighted by atomic mass is 16.3. The van der Waals surface area contributed by atoms with Crippen LogP contribution in [-0.2, 0) is 0 Å². The molecule has 3 saturated carbocycles. The number of fused-ring (bicyclic) bond motifs is 3. The van der Waals surface area contributed by atoms with Crippen molar-refractivity contribution in [2.24, 2.45) is 28.2 Å². The maximum Gasteiger partial charge on any atom is 0.262 e. The second kappa shape index (κ2) is 11.1. The number of aliphatic hydroxyl groups is 2. The molecule has 2 amide bonds. The number of piperazine rings is 1. The summed E-state index contributed by atoms with van der Waals surface area (Å²) in [6, 6.07) is 13.4. The molecule has 2 heterocycles. The Balaban J connectivity index is 1.28. The third kappa shape index (κ3) is 4.91. The number of nitrogens with one attached hydrogen (secondary N) is 2. The summed E-state index contributed by atoms with van der Waals surface area (Å²) in [5, 5.41) is 28.5. The van der Waals surface area contributed by atoms with Gasteiger partial charge < -0.3 is 25.7 Å². The van der Waals surface area contributed by atoms with E-state index in [-0.39, 0.29) is 11.1 Å². The number of rotatable bonds is 6. The van der Waals surface area contributed by atoms with Gasteiger partial charge in [0.15, 0.2) is 5.96 Å². The molecular formula is C33H43N5O4. The van der Waals surface area contributed by atoms with Gasteiger partial charge in [0.2, 0.25) is 0 Å². The number of carbonyl (C=O) groups excluding carboxylic acids is 2. The van der Waals surface area contributed by atoms with Crippen molar-refractivity contribution in [3.05, 3.63) is 65.2 Å². The summed E-state index contributed by atoms with van der Waals surface area (Å²) in [7, 11) is 0. The fourth-order valence-corrected chi connectivity index (χ4v) is 7.76. The first-order valence-corrected chi connectivity index (χ1v) is 15.3. The number of aliphatic hydroxyl groups excluding tert-OH is 2. The van der Waals surface area contributed by atoms with Crippen LogP contribution in [0.15, 0.2) is 53.5 Å². The molecule has 2 bridgehead atoms. The number of guanidine groups is 1. The van der Waals surface area contributed by atoms with Crippen LogP contribution in [0.3, 0.4) is 0 Å². The van der Waals surface area contributed by atoms with Crippen LogP contribution < -0.4 is 10.6 Å². The Morgan fingerprint density at radius 1 is 1.10 bits per heavy atom. The lowest BCUT2D eigenvalue weighted by atomic mass is 9.45. The summed E-state index contributed by atoms with van der Waals surface area (Å²) in [4.78, 5) is 35.3. The van der Waals surface area contributed by atoms with Crippen molar-refractivity contribution in [3.8, 4) is 0 Å². The highest BCUT2D eigenvalue weighted by molar-refractivity contribution is 6.22. The topological polar surface area (TPSA) is 118 Å². The average molecular weight is 574 g/mol. The standard InChI is InChI=1S/C33H43N5O4/c1-19-17-37(13-12-34-19)32(36-27-15-22-14-26(20(27)2)33(22,3)4)35-23-10-11-24-25(16-23)31(42)38(30(24)41)28(18-39)29(40)21-8-6-5-7-9-21/h5-11,16,19-20,22,26-29,34,39-40H,12-15,17-18H2,1-4H3,(H,35,36)/t19-,20+,22-,26-,27-,28-,29+/m0/s1. The van der Waals surface area contributed by atoms with E-state index < -0.39 is 30.6 Å². The van der Waals surface area contributed by atoms with E-state index in [0.29, 0.717) is 46.5 Å². The van der Waals surface area contributed by atoms with Crippen LogP contribution in [0.2, 0.25) is 0 Å². The van der Waals surface area contributed by atoms with Crippen LogP contribution in [0.1, 0.15) is 72.9 Å². The lowest BCUT2D eigenvalue weighted by molar-refractivity contribution is -0.112. The summed E-state index contributed by atoms with van der Waals surface area (Å²) in [5.74, 6) is 1.67. The quantitative estimate of drug-likeness (QED) is 0.238. The zero-order valence-corrected chi connectivity index (χ0v) is 25.0. The van der Waals surface area contributed by atoms with Crippen molar-refractivity contribution in [1.29, 1.82) is 0 Å². The molecule has 9 heteroatoms. The van der Waals surface area contributed by atoms with Crippen LogP contribution >= 0.6 is 0 Å². The molecule has 1 saturated heterocycles. The Morgan fingerprint density at radius 3 is 2.50 bits per heavy atom. The largest absolute Gasteiger partial charge is 0.394 e. The Morgan fingerprint density at radius 2 is 1.83 bits per heavy atom. The van der Waals surface area contributed by atoms with Crippen molar-refractivity contribution in [3.63, 3.8) is 0 Å². The van der Waals surface area contributed by atoms with E-state index in [0.717, 1.165) is 36.9 Å². The number of carbonyl (C=O) groups is 2. The molecule has 0 unspecified atom stereocenters. The van der Waals surface area contributed by atoms with Gasteiger partial charge >= 0.3 is 0 Å². The monoisotopic (exact) mass is 573 g/mol. The molecule has 4 N–H and O–H groups in total. The fraction of sp³-hybridized carbons (Fsp3) is 0.545. The summed E-state index contributed by atoms with van der Waals surface area (Å²) in [5.41, 5.74) is 1.99. The number of hydrogen-bond donors (Lipinski definition) is 4. The van der Waals surface area contributed by atoms with Gasteiger partial charge in [-0.3, -0.25) is 14.5 Å². The Labute approximate surface area is 248 Å². The van der Waals surface area contributed by atoms with Gasteiger partial charge in [0.25, 0.3) is 11.8 Å². The third-order valence-electron chi connectivity index (χ3n) is 10.5. The molecule has 0 spiro atoms. The number of nitrogens with zero attached hydrogens (tertiary/aromatic N) is 3. The SMILES string of the molecule is C[C@H]1[C@@H](NC(=Nc2ccc3c(c2)C(=O)N([C@@H](CO)[C@H](O)c2ccccc2)C3=O)N2CCN[C@@H](C)C2)C[C@@H]2C[C@@H]1C2(C)C. The van der Waals surface area contributed by atoms with Gasteiger partial charge in [-0.25, -0.2) is 4.99 Å². The van der Waals surface area contributed by atoms with Gasteiger partial charge in [-0.15, -0.1) is 0 Å². The summed E-state index contributed by atoms with van der Waals surface area (Å²) in [6.45, 7) is 11.3. The van der Waals surface area contributed by atoms with Gasteiger partial charge in [0.1, 0.15) is 6.10 Å². The zero-order chi connectivity index (χ0) is 29.8. The predicted molar refractivity (Wildman–Crippen MR) is 161 cm³/mol. The normalized spacial score (nSPS) is 30.0. The van der Waals surface area contributed by atoms with E-state index in [4.69, 9.17) is 4.99 Å². The minimum atomic E-state index is -1.21. The van der Waals surface area contributed by atoms with Gasteiger partial charge in [-0.1, -0.05) is 51.1 Å². The maximum absolute atomic E-state index is 13.6. The molecule has 224 valence electrons. The number of benzene rings is 2. The molecular weight excluding hydrogens is 530 g/mol. The van der Waals surface area contributed by atoms with E-state index >= 15 is 0 Å². The first-order valence-electron chi connectivity index (χ1n) is 15.3. The Kier molecular flexibility index (Phi) is 7.62. The van der Waals surface area contributed by atoms with E-state index in [9.17, 15) is 19.8 Å². The molecule has 7 atom stereocenters. The minimum Gasteiger partial charge on any atom is -0.394 e. The van der Waals surface area contributed by atoms with E-state index in [1.165, 1.54) is 6.42 Å². The van der Waals surface area contributed by atoms with Gasteiger partial charge in [-0.05, 0) is 66.7 Å². The Bertz CT molecular complexity index is 1380. The molecule has 9 nitrogen and oxygen atoms in total. The Hall–Kier alpha value is -3.27. The molecule has 2 aromatic rings. The van der Waals surface area contributed by atoms with Crippen LogP contribution in [0, 0.1) is 23.2 Å². The van der Waals surface area contributed by atoms with Gasteiger partial charge in [0.05, 0.1) is 29.5 Å². The van der Waals surface area contributed by atoms with Crippen LogP contribution in [-0.4, -0.2) is 82.2 Å². The number of hydrogen-bond acceptors (Lipinski definition) is 6. The van der Waals surface area contributed by atoms with Crippen molar-refractivity contribution in [2.75, 3.05) is 26.2 Å². The summed E-state index contributed by atoms with van der Waals surface area (Å²) in [6.07, 6.45) is 1.20. The second-order valence-electron chi connectivity index (χ2n) is 13.3. The molecule has 0 radical (unpaired) electrons. The molecule has 5 aliphatic rings. The molecule has 0 aromatic heterocycles. The average Bonchev–Trinajstić information content (AvgIpc) is 3.23. The van der Waals surface area contributed by atoms with E-state index in [2.05, 4.69) is 43.2 Å². The van der Waals surface area contributed by atoms with E-state index in [1.807, 2.05) is 6.07 Å². The van der Waals surface area contributed by atoms with Gasteiger partial charge in [-0.2, -0.15) is 0 Å². The molecule has 42 heavy (non-hydrogen) atoms. The zero-order valence-electron chi connectivity index (χ0n) is 25.0. The summed E-state index contributed by atoms with van der Waals surface area (Å²) >= 11 is 0. The third-order valence-corrected chi connectivity index (χ3v) is 10.5. The lowest BCUT2D eigenvalue weighted by Crippen LogP contribution is -2.63. The van der Waals surface area contributed by atoms with Crippen molar-refractivity contribution >= 4 is 23.5 Å². The molecule has 2 aliphatic heterocycles. The van der Waals surface area contributed by atoms with Crippen molar-refractivity contribution in [1.82, 2.24) is 20.4 Å². The van der Waals surface area contributed by atoms with Crippen LogP contribution in [0.4, 0.5) is 5.69 Å². The van der Waals surface area contributed by atoms with Crippen LogP contribution in [0.25, 0.3) is 0 Å². The number of aliphatic imine (C=N–C) groups is 1. The number of imide groups is 1. The highest BCUT2D eigenvalue weighted by Gasteiger charge is 2.56. The summed E-state index contributed by atoms with van der Waals surface area (Å²) < 4.78 is 0. The minimum absolute atomic E-state index is 0.238.